The second-order valence-electron chi connectivity index (χ2n) is 4.05. The topological polar surface area (TPSA) is 21.1 Å². The van der Waals surface area contributed by atoms with Gasteiger partial charge in [-0.25, -0.2) is 0 Å². The summed E-state index contributed by atoms with van der Waals surface area (Å²) in [6, 6.07) is 0. The molecule has 0 aromatic carbocycles. The summed E-state index contributed by atoms with van der Waals surface area (Å²) in [7, 11) is 2.03. The number of halogens is 1. The molecule has 1 rings (SSSR count). The quantitative estimate of drug-likeness (QED) is 0.802. The van der Waals surface area contributed by atoms with E-state index in [9.17, 15) is 0 Å². The van der Waals surface area contributed by atoms with Gasteiger partial charge in [0.15, 0.2) is 0 Å². The second kappa shape index (κ2) is 6.40. The molecule has 0 aliphatic rings. The molecule has 0 fully saturated rings. The van der Waals surface area contributed by atoms with Gasteiger partial charge in [-0.05, 0) is 41.9 Å². The molecule has 0 aliphatic carbocycles. The zero-order chi connectivity index (χ0) is 12.1. The van der Waals surface area contributed by atoms with Gasteiger partial charge >= 0.3 is 0 Å². The standard InChI is InChI=1S/C12H22BrN3/c1-5-8-16(7-3)9-11-12(13)10(6-2)14-15(11)4/h5-9H2,1-4H3. The predicted molar refractivity (Wildman–Crippen MR) is 71.5 cm³/mol. The van der Waals surface area contributed by atoms with Crippen LogP contribution in [0.15, 0.2) is 4.47 Å². The first-order chi connectivity index (χ1) is 7.63. The van der Waals surface area contributed by atoms with Crippen molar-refractivity contribution < 1.29 is 0 Å². The van der Waals surface area contributed by atoms with Crippen molar-refractivity contribution in [1.82, 2.24) is 14.7 Å². The summed E-state index contributed by atoms with van der Waals surface area (Å²) in [6.45, 7) is 9.79. The molecule has 0 unspecified atom stereocenters. The molecule has 1 aromatic heterocycles. The molecule has 0 atom stereocenters. The summed E-state index contributed by atoms with van der Waals surface area (Å²) in [5, 5.41) is 4.52. The molecular weight excluding hydrogens is 266 g/mol. The van der Waals surface area contributed by atoms with Crippen LogP contribution in [-0.4, -0.2) is 27.8 Å². The van der Waals surface area contributed by atoms with E-state index in [0.717, 1.165) is 31.7 Å². The molecule has 4 heteroatoms. The molecular formula is C12H22BrN3. The third-order valence-electron chi connectivity index (χ3n) is 2.86. The number of hydrogen-bond acceptors (Lipinski definition) is 2. The van der Waals surface area contributed by atoms with Crippen molar-refractivity contribution >= 4 is 15.9 Å². The summed E-state index contributed by atoms with van der Waals surface area (Å²) >= 11 is 3.66. The summed E-state index contributed by atoms with van der Waals surface area (Å²) in [5.74, 6) is 0. The van der Waals surface area contributed by atoms with Crippen LogP contribution in [-0.2, 0) is 20.0 Å². The molecule has 0 N–H and O–H groups in total. The minimum Gasteiger partial charge on any atom is -0.298 e. The highest BCUT2D eigenvalue weighted by atomic mass is 79.9. The summed E-state index contributed by atoms with van der Waals surface area (Å²) in [6.07, 6.45) is 2.18. The highest BCUT2D eigenvalue weighted by Crippen LogP contribution is 2.22. The van der Waals surface area contributed by atoms with Gasteiger partial charge in [0.1, 0.15) is 0 Å². The third-order valence-corrected chi connectivity index (χ3v) is 3.78. The zero-order valence-electron chi connectivity index (χ0n) is 10.8. The Morgan fingerprint density at radius 3 is 2.44 bits per heavy atom. The Labute approximate surface area is 107 Å². The maximum Gasteiger partial charge on any atom is 0.0767 e. The largest absolute Gasteiger partial charge is 0.298 e. The van der Waals surface area contributed by atoms with E-state index in [1.54, 1.807) is 0 Å². The molecule has 0 radical (unpaired) electrons. The highest BCUT2D eigenvalue weighted by Gasteiger charge is 2.14. The van der Waals surface area contributed by atoms with E-state index in [1.165, 1.54) is 16.6 Å². The molecule has 0 aliphatic heterocycles. The lowest BCUT2D eigenvalue weighted by Gasteiger charge is -2.19. The number of hydrogen-bond donors (Lipinski definition) is 0. The van der Waals surface area contributed by atoms with Crippen LogP contribution in [0, 0.1) is 0 Å². The van der Waals surface area contributed by atoms with Crippen LogP contribution in [0.4, 0.5) is 0 Å². The Morgan fingerprint density at radius 2 is 2.00 bits per heavy atom. The highest BCUT2D eigenvalue weighted by molar-refractivity contribution is 9.10. The molecule has 0 saturated heterocycles. The lowest BCUT2D eigenvalue weighted by molar-refractivity contribution is 0.272. The maximum atomic E-state index is 4.52. The third kappa shape index (κ3) is 3.08. The average molecular weight is 288 g/mol. The Hall–Kier alpha value is -0.350. The van der Waals surface area contributed by atoms with Crippen LogP contribution in [0.1, 0.15) is 38.6 Å². The van der Waals surface area contributed by atoms with Crippen molar-refractivity contribution in [2.45, 2.75) is 40.2 Å². The van der Waals surface area contributed by atoms with Crippen molar-refractivity contribution in [3.05, 3.63) is 15.9 Å². The normalized spacial score (nSPS) is 11.4. The van der Waals surface area contributed by atoms with E-state index in [2.05, 4.69) is 46.7 Å². The van der Waals surface area contributed by atoms with Gasteiger partial charge in [0.2, 0.25) is 0 Å². The lowest BCUT2D eigenvalue weighted by Crippen LogP contribution is -2.25. The van der Waals surface area contributed by atoms with Crippen molar-refractivity contribution in [3.63, 3.8) is 0 Å². The molecule has 0 spiro atoms. The first kappa shape index (κ1) is 13.7. The van der Waals surface area contributed by atoms with Crippen LogP contribution >= 0.6 is 15.9 Å². The molecule has 1 heterocycles. The van der Waals surface area contributed by atoms with Crippen molar-refractivity contribution in [2.24, 2.45) is 7.05 Å². The molecule has 0 amide bonds. The monoisotopic (exact) mass is 287 g/mol. The number of rotatable bonds is 6. The van der Waals surface area contributed by atoms with Gasteiger partial charge in [-0.1, -0.05) is 20.8 Å². The lowest BCUT2D eigenvalue weighted by atomic mass is 10.3. The number of aromatic nitrogens is 2. The molecule has 92 valence electrons. The van der Waals surface area contributed by atoms with Crippen molar-refractivity contribution in [2.75, 3.05) is 13.1 Å². The summed E-state index contributed by atoms with van der Waals surface area (Å²) < 4.78 is 3.19. The molecule has 3 nitrogen and oxygen atoms in total. The summed E-state index contributed by atoms with van der Waals surface area (Å²) in [4.78, 5) is 2.45. The van der Waals surface area contributed by atoms with E-state index in [1.807, 2.05) is 11.7 Å². The number of nitrogens with zero attached hydrogens (tertiary/aromatic N) is 3. The second-order valence-corrected chi connectivity index (χ2v) is 4.85. The van der Waals surface area contributed by atoms with E-state index in [4.69, 9.17) is 0 Å². The van der Waals surface area contributed by atoms with Gasteiger partial charge in [-0.3, -0.25) is 9.58 Å². The minimum atomic E-state index is 0.980. The maximum absolute atomic E-state index is 4.52. The molecule has 1 aromatic rings. The Kier molecular flexibility index (Phi) is 5.49. The van der Waals surface area contributed by atoms with E-state index in [-0.39, 0.29) is 0 Å². The first-order valence-corrected chi connectivity index (χ1v) is 6.85. The van der Waals surface area contributed by atoms with Gasteiger partial charge in [-0.2, -0.15) is 5.10 Å². The molecule has 16 heavy (non-hydrogen) atoms. The fraction of sp³-hybridized carbons (Fsp3) is 0.750. The van der Waals surface area contributed by atoms with Crippen molar-refractivity contribution in [1.29, 1.82) is 0 Å². The Morgan fingerprint density at radius 1 is 1.31 bits per heavy atom. The van der Waals surface area contributed by atoms with Crippen LogP contribution in [0.5, 0.6) is 0 Å². The SMILES string of the molecule is CCCN(CC)Cc1c(Br)c(CC)nn1C. The molecule has 0 saturated carbocycles. The van der Waals surface area contributed by atoms with Crippen LogP contribution in [0.2, 0.25) is 0 Å². The molecule has 0 bridgehead atoms. The fourth-order valence-corrected chi connectivity index (χ4v) is 2.61. The van der Waals surface area contributed by atoms with Crippen LogP contribution in [0.25, 0.3) is 0 Å². The van der Waals surface area contributed by atoms with Crippen LogP contribution in [0.3, 0.4) is 0 Å². The Balaban J connectivity index is 2.82. The summed E-state index contributed by atoms with van der Waals surface area (Å²) in [5.41, 5.74) is 2.44. The minimum absolute atomic E-state index is 0.980. The average Bonchev–Trinajstić information content (AvgIpc) is 2.55. The smallest absolute Gasteiger partial charge is 0.0767 e. The van der Waals surface area contributed by atoms with Crippen LogP contribution < -0.4 is 0 Å². The first-order valence-electron chi connectivity index (χ1n) is 6.06. The van der Waals surface area contributed by atoms with Gasteiger partial charge in [0.05, 0.1) is 15.9 Å². The Bertz CT molecular complexity index is 333. The number of aryl methyl sites for hydroxylation is 2. The van der Waals surface area contributed by atoms with Gasteiger partial charge in [0, 0.05) is 13.6 Å². The van der Waals surface area contributed by atoms with Gasteiger partial charge in [0.25, 0.3) is 0 Å². The van der Waals surface area contributed by atoms with E-state index < -0.39 is 0 Å². The van der Waals surface area contributed by atoms with E-state index in [0.29, 0.717) is 0 Å². The predicted octanol–water partition coefficient (Wildman–Crippen LogP) is 2.98. The van der Waals surface area contributed by atoms with Crippen molar-refractivity contribution in [3.8, 4) is 0 Å². The van der Waals surface area contributed by atoms with Gasteiger partial charge in [-0.15, -0.1) is 0 Å². The van der Waals surface area contributed by atoms with Gasteiger partial charge < -0.3 is 0 Å². The zero-order valence-corrected chi connectivity index (χ0v) is 12.3. The van der Waals surface area contributed by atoms with E-state index >= 15 is 0 Å². The fourth-order valence-electron chi connectivity index (χ4n) is 1.87.